The number of hydrogen-bond donors (Lipinski definition) is 2. The fraction of sp³-hybridized carbons (Fsp3) is 0.235. The van der Waals surface area contributed by atoms with Crippen LogP contribution in [0.25, 0.3) is 0 Å². The minimum absolute atomic E-state index is 0.0590. The third-order valence-electron chi connectivity index (χ3n) is 3.40. The third kappa shape index (κ3) is 4.41. The molecule has 0 aromatic heterocycles. The molecule has 0 heterocycles. The first kappa shape index (κ1) is 15.7. The zero-order valence-corrected chi connectivity index (χ0v) is 13.6. The molecule has 4 heteroatoms. The van der Waals surface area contributed by atoms with Crippen molar-refractivity contribution in [1.29, 1.82) is 0 Å². The molecule has 0 aliphatic carbocycles. The zero-order chi connectivity index (χ0) is 15.2. The zero-order valence-electron chi connectivity index (χ0n) is 12.0. The van der Waals surface area contributed by atoms with E-state index in [1.54, 1.807) is 0 Å². The molecule has 0 aliphatic rings. The highest BCUT2D eigenvalue weighted by Crippen LogP contribution is 2.17. The summed E-state index contributed by atoms with van der Waals surface area (Å²) >= 11 is 3.44. The van der Waals surface area contributed by atoms with Crippen LogP contribution in [0.3, 0.4) is 0 Å². The van der Waals surface area contributed by atoms with Crippen LogP contribution in [-0.2, 0) is 0 Å². The highest BCUT2D eigenvalue weighted by molar-refractivity contribution is 9.10. The maximum Gasteiger partial charge on any atom is 0.251 e. The van der Waals surface area contributed by atoms with E-state index in [4.69, 9.17) is 5.73 Å². The van der Waals surface area contributed by atoms with E-state index in [1.165, 1.54) is 0 Å². The molecule has 2 rings (SSSR count). The van der Waals surface area contributed by atoms with E-state index in [2.05, 4.69) is 21.2 Å². The number of aryl methyl sites for hydroxylation is 1. The summed E-state index contributed by atoms with van der Waals surface area (Å²) < 4.78 is 0.941. The van der Waals surface area contributed by atoms with Crippen LogP contribution < -0.4 is 11.1 Å². The number of hydrogen-bond acceptors (Lipinski definition) is 2. The molecule has 0 saturated carbocycles. The van der Waals surface area contributed by atoms with Gasteiger partial charge >= 0.3 is 0 Å². The van der Waals surface area contributed by atoms with Crippen LogP contribution in [0, 0.1) is 6.92 Å². The van der Waals surface area contributed by atoms with Gasteiger partial charge in [-0.1, -0.05) is 52.3 Å². The second-order valence-corrected chi connectivity index (χ2v) is 5.88. The Balaban J connectivity index is 1.85. The van der Waals surface area contributed by atoms with Crippen molar-refractivity contribution in [2.75, 3.05) is 6.54 Å². The van der Waals surface area contributed by atoms with Crippen LogP contribution in [0.4, 0.5) is 0 Å². The number of carbonyl (C=O) groups is 1. The van der Waals surface area contributed by atoms with Crippen LogP contribution in [0.5, 0.6) is 0 Å². The Hall–Kier alpha value is -1.65. The minimum atomic E-state index is -0.0732. The van der Waals surface area contributed by atoms with Gasteiger partial charge in [-0.05, 0) is 36.6 Å². The van der Waals surface area contributed by atoms with E-state index in [0.29, 0.717) is 18.5 Å². The van der Waals surface area contributed by atoms with Crippen molar-refractivity contribution < 1.29 is 4.79 Å². The molecule has 0 aliphatic heterocycles. The van der Waals surface area contributed by atoms with E-state index in [9.17, 15) is 4.79 Å². The molecule has 1 unspecified atom stereocenters. The lowest BCUT2D eigenvalue weighted by Gasteiger charge is -2.12. The molecule has 1 amide bonds. The average Bonchev–Trinajstić information content (AvgIpc) is 2.50. The summed E-state index contributed by atoms with van der Waals surface area (Å²) in [6, 6.07) is 15.4. The predicted octanol–water partition coefficient (Wildman–Crippen LogP) is 3.58. The van der Waals surface area contributed by atoms with Crippen molar-refractivity contribution in [3.8, 4) is 0 Å². The van der Waals surface area contributed by atoms with E-state index in [0.717, 1.165) is 15.6 Å². The SMILES string of the molecule is Cc1ccc(C(=O)NCCC(N)c2ccccc2)cc1Br. The van der Waals surface area contributed by atoms with Crippen molar-refractivity contribution in [2.24, 2.45) is 5.73 Å². The Labute approximate surface area is 133 Å². The number of halogens is 1. The lowest BCUT2D eigenvalue weighted by molar-refractivity contribution is 0.0952. The molecule has 0 saturated heterocycles. The van der Waals surface area contributed by atoms with Gasteiger partial charge in [0.1, 0.15) is 0 Å². The maximum absolute atomic E-state index is 12.1. The molecular formula is C17H19BrN2O. The Kier molecular flexibility index (Phi) is 5.53. The summed E-state index contributed by atoms with van der Waals surface area (Å²) in [5.74, 6) is -0.0732. The molecule has 110 valence electrons. The van der Waals surface area contributed by atoms with Gasteiger partial charge in [-0.3, -0.25) is 4.79 Å². The van der Waals surface area contributed by atoms with Crippen LogP contribution in [0.15, 0.2) is 53.0 Å². The maximum atomic E-state index is 12.1. The highest BCUT2D eigenvalue weighted by atomic mass is 79.9. The lowest BCUT2D eigenvalue weighted by atomic mass is 10.0. The summed E-state index contributed by atoms with van der Waals surface area (Å²) in [5, 5.41) is 2.91. The van der Waals surface area contributed by atoms with Crippen LogP contribution >= 0.6 is 15.9 Å². The van der Waals surface area contributed by atoms with Gasteiger partial charge in [-0.15, -0.1) is 0 Å². The number of carbonyl (C=O) groups excluding carboxylic acids is 1. The Morgan fingerprint density at radius 1 is 1.24 bits per heavy atom. The Morgan fingerprint density at radius 3 is 2.62 bits per heavy atom. The summed E-state index contributed by atoms with van der Waals surface area (Å²) in [6.45, 7) is 2.55. The minimum Gasteiger partial charge on any atom is -0.352 e. The Bertz CT molecular complexity index is 613. The predicted molar refractivity (Wildman–Crippen MR) is 89.2 cm³/mol. The van der Waals surface area contributed by atoms with Crippen molar-refractivity contribution in [1.82, 2.24) is 5.32 Å². The topological polar surface area (TPSA) is 55.1 Å². The first-order chi connectivity index (χ1) is 10.1. The van der Waals surface area contributed by atoms with Crippen LogP contribution in [0.1, 0.15) is 33.9 Å². The quantitative estimate of drug-likeness (QED) is 0.869. The van der Waals surface area contributed by atoms with Gasteiger partial charge < -0.3 is 11.1 Å². The molecule has 1 atom stereocenters. The molecule has 3 nitrogen and oxygen atoms in total. The lowest BCUT2D eigenvalue weighted by Crippen LogP contribution is -2.27. The average molecular weight is 347 g/mol. The number of rotatable bonds is 5. The number of nitrogens with one attached hydrogen (secondary N) is 1. The van der Waals surface area contributed by atoms with Gasteiger partial charge in [0.25, 0.3) is 5.91 Å². The van der Waals surface area contributed by atoms with Crippen LogP contribution in [0.2, 0.25) is 0 Å². The Morgan fingerprint density at radius 2 is 1.95 bits per heavy atom. The second kappa shape index (κ2) is 7.38. The first-order valence-electron chi connectivity index (χ1n) is 6.93. The van der Waals surface area contributed by atoms with Gasteiger partial charge in [0.05, 0.1) is 0 Å². The van der Waals surface area contributed by atoms with Crippen molar-refractivity contribution >= 4 is 21.8 Å². The molecule has 0 spiro atoms. The van der Waals surface area contributed by atoms with Gasteiger partial charge in [0.2, 0.25) is 0 Å². The van der Waals surface area contributed by atoms with E-state index in [1.807, 2.05) is 55.5 Å². The molecule has 0 fully saturated rings. The van der Waals surface area contributed by atoms with Gasteiger partial charge in [0.15, 0.2) is 0 Å². The van der Waals surface area contributed by atoms with Crippen molar-refractivity contribution in [2.45, 2.75) is 19.4 Å². The molecular weight excluding hydrogens is 328 g/mol. The van der Waals surface area contributed by atoms with E-state index < -0.39 is 0 Å². The normalized spacial score (nSPS) is 12.0. The highest BCUT2D eigenvalue weighted by Gasteiger charge is 2.09. The van der Waals surface area contributed by atoms with E-state index >= 15 is 0 Å². The summed E-state index contributed by atoms with van der Waals surface area (Å²) in [4.78, 5) is 12.1. The molecule has 21 heavy (non-hydrogen) atoms. The first-order valence-corrected chi connectivity index (χ1v) is 7.72. The standard InChI is InChI=1S/C17H19BrN2O/c1-12-7-8-14(11-15(12)18)17(21)20-10-9-16(19)13-5-3-2-4-6-13/h2-8,11,16H,9-10,19H2,1H3,(H,20,21). The fourth-order valence-electron chi connectivity index (χ4n) is 2.04. The monoisotopic (exact) mass is 346 g/mol. The fourth-order valence-corrected chi connectivity index (χ4v) is 2.42. The molecule has 2 aromatic carbocycles. The van der Waals surface area contributed by atoms with Crippen LogP contribution in [-0.4, -0.2) is 12.5 Å². The van der Waals surface area contributed by atoms with Gasteiger partial charge in [0, 0.05) is 22.6 Å². The molecule has 2 aromatic rings. The second-order valence-electron chi connectivity index (χ2n) is 5.03. The summed E-state index contributed by atoms with van der Waals surface area (Å²) in [6.07, 6.45) is 0.711. The summed E-state index contributed by atoms with van der Waals surface area (Å²) in [7, 11) is 0. The van der Waals surface area contributed by atoms with Crippen molar-refractivity contribution in [3.05, 3.63) is 69.7 Å². The van der Waals surface area contributed by atoms with Gasteiger partial charge in [-0.25, -0.2) is 0 Å². The molecule has 0 radical (unpaired) electrons. The summed E-state index contributed by atoms with van der Waals surface area (Å²) in [5.41, 5.74) is 8.96. The largest absolute Gasteiger partial charge is 0.352 e. The number of benzene rings is 2. The molecule has 0 bridgehead atoms. The molecule has 3 N–H and O–H groups in total. The van der Waals surface area contributed by atoms with E-state index in [-0.39, 0.29) is 11.9 Å². The third-order valence-corrected chi connectivity index (χ3v) is 4.26. The smallest absolute Gasteiger partial charge is 0.251 e. The number of nitrogens with two attached hydrogens (primary N) is 1. The van der Waals surface area contributed by atoms with Gasteiger partial charge in [-0.2, -0.15) is 0 Å². The number of amides is 1. The van der Waals surface area contributed by atoms with Crippen molar-refractivity contribution in [3.63, 3.8) is 0 Å².